The lowest BCUT2D eigenvalue weighted by atomic mass is 10.1. The van der Waals surface area contributed by atoms with Gasteiger partial charge in [0.2, 0.25) is 0 Å². The summed E-state index contributed by atoms with van der Waals surface area (Å²) >= 11 is 3.67. The fourth-order valence-electron chi connectivity index (χ4n) is 2.24. The molecule has 0 aliphatic heterocycles. The van der Waals surface area contributed by atoms with E-state index in [1.165, 1.54) is 25.5 Å². The fourth-order valence-corrected chi connectivity index (χ4v) is 2.96. The molecule has 0 saturated heterocycles. The van der Waals surface area contributed by atoms with E-state index in [-0.39, 0.29) is 11.9 Å². The maximum Gasteiger partial charge on any atom is 0.254 e. The molecule has 1 amide bonds. The summed E-state index contributed by atoms with van der Waals surface area (Å²) in [7, 11) is 0. The van der Waals surface area contributed by atoms with Gasteiger partial charge in [-0.2, -0.15) is 0 Å². The van der Waals surface area contributed by atoms with Gasteiger partial charge in [0.25, 0.3) is 5.91 Å². The molecule has 2 atom stereocenters. The Morgan fingerprint density at radius 1 is 1.41 bits per heavy atom. The van der Waals surface area contributed by atoms with E-state index in [2.05, 4.69) is 21.2 Å². The number of aryl methyl sites for hydroxylation is 1. The van der Waals surface area contributed by atoms with Gasteiger partial charge in [0.15, 0.2) is 0 Å². The Hall–Kier alpha value is -0.770. The molecule has 17 heavy (non-hydrogen) atoms. The highest BCUT2D eigenvalue weighted by Crippen LogP contribution is 2.24. The van der Waals surface area contributed by atoms with Crippen LogP contribution in [0.3, 0.4) is 0 Å². The lowest BCUT2D eigenvalue weighted by Gasteiger charge is -2.20. The van der Waals surface area contributed by atoms with E-state index in [0.29, 0.717) is 10.4 Å². The van der Waals surface area contributed by atoms with Crippen molar-refractivity contribution in [3.8, 4) is 0 Å². The molecular formula is C13H18BrNO2. The number of furan rings is 1. The summed E-state index contributed by atoms with van der Waals surface area (Å²) in [5.74, 6) is 0.740. The standard InChI is InChI=1S/C13H18BrNO2/c1-9-7-10(8-17-9)13(16)15-12-6-4-2-3-5-11(12)14/h7-8,11-12H,2-6H2,1H3,(H,15,16). The van der Waals surface area contributed by atoms with Gasteiger partial charge in [0.1, 0.15) is 12.0 Å². The second-order valence-electron chi connectivity index (χ2n) is 4.68. The molecule has 1 aromatic heterocycles. The van der Waals surface area contributed by atoms with Crippen molar-refractivity contribution in [1.29, 1.82) is 0 Å². The maximum atomic E-state index is 12.0. The van der Waals surface area contributed by atoms with Crippen LogP contribution in [0.4, 0.5) is 0 Å². The van der Waals surface area contributed by atoms with E-state index >= 15 is 0 Å². The minimum atomic E-state index is -0.0294. The molecule has 0 radical (unpaired) electrons. The monoisotopic (exact) mass is 299 g/mol. The van der Waals surface area contributed by atoms with Crippen molar-refractivity contribution >= 4 is 21.8 Å². The molecule has 1 aromatic rings. The Morgan fingerprint density at radius 3 is 2.88 bits per heavy atom. The van der Waals surface area contributed by atoms with E-state index in [9.17, 15) is 4.79 Å². The lowest BCUT2D eigenvalue weighted by Crippen LogP contribution is -2.40. The molecule has 1 aliphatic rings. The summed E-state index contributed by atoms with van der Waals surface area (Å²) in [6.45, 7) is 1.84. The number of rotatable bonds is 2. The van der Waals surface area contributed by atoms with E-state index in [1.807, 2.05) is 6.92 Å². The zero-order valence-corrected chi connectivity index (χ0v) is 11.6. The molecule has 0 aromatic carbocycles. The summed E-state index contributed by atoms with van der Waals surface area (Å²) in [5, 5.41) is 3.09. The lowest BCUT2D eigenvalue weighted by molar-refractivity contribution is 0.0934. The number of carbonyl (C=O) groups excluding carboxylic acids is 1. The Balaban J connectivity index is 1.97. The highest BCUT2D eigenvalue weighted by Gasteiger charge is 2.23. The molecule has 1 aliphatic carbocycles. The molecule has 1 heterocycles. The minimum absolute atomic E-state index is 0.0294. The molecule has 2 rings (SSSR count). The van der Waals surface area contributed by atoms with Gasteiger partial charge in [-0.05, 0) is 25.8 Å². The van der Waals surface area contributed by atoms with Crippen molar-refractivity contribution in [1.82, 2.24) is 5.32 Å². The average molecular weight is 300 g/mol. The summed E-state index contributed by atoms with van der Waals surface area (Å²) in [6.07, 6.45) is 7.41. The van der Waals surface area contributed by atoms with Gasteiger partial charge in [-0.25, -0.2) is 0 Å². The number of hydrogen-bond acceptors (Lipinski definition) is 2. The van der Waals surface area contributed by atoms with Gasteiger partial charge in [-0.1, -0.05) is 35.2 Å². The predicted molar refractivity (Wildman–Crippen MR) is 70.5 cm³/mol. The Kier molecular flexibility index (Phi) is 4.26. The molecule has 4 heteroatoms. The van der Waals surface area contributed by atoms with Gasteiger partial charge in [0, 0.05) is 10.9 Å². The second kappa shape index (κ2) is 5.71. The normalized spacial score (nSPS) is 25.3. The largest absolute Gasteiger partial charge is 0.469 e. The van der Waals surface area contributed by atoms with E-state index in [4.69, 9.17) is 4.42 Å². The van der Waals surface area contributed by atoms with Gasteiger partial charge >= 0.3 is 0 Å². The third-order valence-corrected chi connectivity index (χ3v) is 4.34. The molecule has 94 valence electrons. The van der Waals surface area contributed by atoms with Gasteiger partial charge in [-0.3, -0.25) is 4.79 Å². The van der Waals surface area contributed by atoms with Crippen LogP contribution in [0, 0.1) is 6.92 Å². The van der Waals surface area contributed by atoms with E-state index in [1.54, 1.807) is 6.07 Å². The Labute approximate surface area is 110 Å². The molecule has 0 bridgehead atoms. The van der Waals surface area contributed by atoms with Crippen LogP contribution >= 0.6 is 15.9 Å². The predicted octanol–water partition coefficient (Wildman–Crippen LogP) is 3.41. The number of nitrogens with one attached hydrogen (secondary N) is 1. The fraction of sp³-hybridized carbons (Fsp3) is 0.615. The van der Waals surface area contributed by atoms with Crippen LogP contribution < -0.4 is 5.32 Å². The summed E-state index contributed by atoms with van der Waals surface area (Å²) in [6, 6.07) is 2.01. The highest BCUT2D eigenvalue weighted by molar-refractivity contribution is 9.09. The minimum Gasteiger partial charge on any atom is -0.469 e. The zero-order chi connectivity index (χ0) is 12.3. The number of alkyl halides is 1. The van der Waals surface area contributed by atoms with Gasteiger partial charge in [0.05, 0.1) is 5.56 Å². The zero-order valence-electron chi connectivity index (χ0n) is 10.0. The second-order valence-corrected chi connectivity index (χ2v) is 5.86. The van der Waals surface area contributed by atoms with Crippen LogP contribution in [0.1, 0.15) is 48.2 Å². The molecule has 1 fully saturated rings. The molecule has 3 nitrogen and oxygen atoms in total. The molecule has 2 unspecified atom stereocenters. The number of hydrogen-bond donors (Lipinski definition) is 1. The third kappa shape index (κ3) is 3.35. The van der Waals surface area contributed by atoms with Crippen LogP contribution in [0.5, 0.6) is 0 Å². The van der Waals surface area contributed by atoms with Crippen molar-refractivity contribution in [3.05, 3.63) is 23.7 Å². The first-order valence-corrected chi connectivity index (χ1v) is 7.08. The van der Waals surface area contributed by atoms with Gasteiger partial charge < -0.3 is 9.73 Å². The molecular weight excluding hydrogens is 282 g/mol. The number of halogens is 1. The van der Waals surface area contributed by atoms with E-state index in [0.717, 1.165) is 18.6 Å². The van der Waals surface area contributed by atoms with Crippen LogP contribution in [0.2, 0.25) is 0 Å². The molecule has 1 N–H and O–H groups in total. The highest BCUT2D eigenvalue weighted by atomic mass is 79.9. The first kappa shape index (κ1) is 12.7. The van der Waals surface area contributed by atoms with Crippen LogP contribution in [-0.4, -0.2) is 16.8 Å². The van der Waals surface area contributed by atoms with Crippen molar-refractivity contribution in [2.75, 3.05) is 0 Å². The summed E-state index contributed by atoms with van der Waals surface area (Å²) in [4.78, 5) is 12.4. The number of amides is 1. The maximum absolute atomic E-state index is 12.0. The summed E-state index contributed by atoms with van der Waals surface area (Å²) < 4.78 is 5.15. The van der Waals surface area contributed by atoms with Crippen molar-refractivity contribution in [2.45, 2.75) is 49.9 Å². The first-order valence-electron chi connectivity index (χ1n) is 6.17. The molecule has 0 spiro atoms. The van der Waals surface area contributed by atoms with Crippen molar-refractivity contribution in [2.24, 2.45) is 0 Å². The Bertz CT molecular complexity index is 389. The van der Waals surface area contributed by atoms with Crippen LogP contribution in [0.15, 0.2) is 16.7 Å². The Morgan fingerprint density at radius 2 is 2.18 bits per heavy atom. The topological polar surface area (TPSA) is 42.2 Å². The quantitative estimate of drug-likeness (QED) is 0.672. The van der Waals surface area contributed by atoms with E-state index < -0.39 is 0 Å². The smallest absolute Gasteiger partial charge is 0.254 e. The third-order valence-electron chi connectivity index (χ3n) is 3.24. The molecule has 1 saturated carbocycles. The van der Waals surface area contributed by atoms with Crippen LogP contribution in [0.25, 0.3) is 0 Å². The van der Waals surface area contributed by atoms with Crippen molar-refractivity contribution < 1.29 is 9.21 Å². The SMILES string of the molecule is Cc1cc(C(=O)NC2CCCCCC2Br)co1. The van der Waals surface area contributed by atoms with Gasteiger partial charge in [-0.15, -0.1) is 0 Å². The first-order chi connectivity index (χ1) is 8.16. The summed E-state index contributed by atoms with van der Waals surface area (Å²) in [5.41, 5.74) is 0.617. The average Bonchev–Trinajstić information content (AvgIpc) is 2.63. The van der Waals surface area contributed by atoms with Crippen LogP contribution in [-0.2, 0) is 0 Å². The number of carbonyl (C=O) groups is 1. The van der Waals surface area contributed by atoms with Crippen molar-refractivity contribution in [3.63, 3.8) is 0 Å².